The van der Waals surface area contributed by atoms with Gasteiger partial charge in [0.25, 0.3) is 0 Å². The number of hydrogen-bond acceptors (Lipinski definition) is 3. The van der Waals surface area contributed by atoms with Crippen molar-refractivity contribution in [2.24, 2.45) is 0 Å². The molecule has 88 valence electrons. The fourth-order valence-corrected chi connectivity index (χ4v) is 2.52. The van der Waals surface area contributed by atoms with Crippen LogP contribution in [0.2, 0.25) is 0 Å². The van der Waals surface area contributed by atoms with Crippen LogP contribution in [0, 0.1) is 13.8 Å². The number of carbonyl (C=O) groups is 1. The van der Waals surface area contributed by atoms with Gasteiger partial charge in [0, 0.05) is 12.6 Å². The second-order valence-electron chi connectivity index (χ2n) is 4.23. The summed E-state index contributed by atoms with van der Waals surface area (Å²) in [6, 6.07) is 4.07. The van der Waals surface area contributed by atoms with Gasteiger partial charge in [-0.15, -0.1) is 0 Å². The predicted molar refractivity (Wildman–Crippen MR) is 70.7 cm³/mol. The maximum Gasteiger partial charge on any atom is 0.181 e. The van der Waals surface area contributed by atoms with E-state index < -0.39 is 0 Å². The van der Waals surface area contributed by atoms with Gasteiger partial charge < -0.3 is 0 Å². The van der Waals surface area contributed by atoms with Gasteiger partial charge in [-0.2, -0.15) is 11.3 Å². The summed E-state index contributed by atoms with van der Waals surface area (Å²) in [5.74, 6) is 0.133. The van der Waals surface area contributed by atoms with E-state index in [4.69, 9.17) is 0 Å². The number of thiophene rings is 1. The van der Waals surface area contributed by atoms with Crippen LogP contribution in [0.1, 0.15) is 33.6 Å². The lowest BCUT2D eigenvalue weighted by molar-refractivity contribution is 0.0977. The molecule has 2 aromatic rings. The Hall–Kier alpha value is -1.48. The third-order valence-corrected chi connectivity index (χ3v) is 3.43. The van der Waals surface area contributed by atoms with Crippen LogP contribution in [-0.4, -0.2) is 10.8 Å². The van der Waals surface area contributed by atoms with E-state index in [1.54, 1.807) is 17.5 Å². The Balaban J connectivity index is 2.04. The highest BCUT2D eigenvalue weighted by Gasteiger charge is 2.10. The smallest absolute Gasteiger partial charge is 0.181 e. The molecule has 3 heteroatoms. The molecule has 0 saturated heterocycles. The van der Waals surface area contributed by atoms with E-state index in [1.165, 1.54) is 5.56 Å². The summed E-state index contributed by atoms with van der Waals surface area (Å²) in [7, 11) is 0. The first kappa shape index (κ1) is 12.0. The molecule has 0 bridgehead atoms. The highest BCUT2D eigenvalue weighted by Crippen LogP contribution is 2.13. The normalized spacial score (nSPS) is 10.5. The fraction of sp³-hybridized carbons (Fsp3) is 0.286. The molecule has 0 unspecified atom stereocenters. The van der Waals surface area contributed by atoms with E-state index in [-0.39, 0.29) is 5.78 Å². The van der Waals surface area contributed by atoms with E-state index in [1.807, 2.05) is 25.3 Å². The lowest BCUT2D eigenvalue weighted by atomic mass is 10.0. The van der Waals surface area contributed by atoms with Gasteiger partial charge in [-0.05, 0) is 53.8 Å². The molecule has 2 nitrogen and oxygen atoms in total. The van der Waals surface area contributed by atoms with Gasteiger partial charge in [0.2, 0.25) is 0 Å². The number of ketones is 1. The SMILES string of the molecule is Cc1cnc(C(=O)CCc2ccsc2)c(C)c1. The molecule has 0 spiro atoms. The minimum Gasteiger partial charge on any atom is -0.292 e. The molecular formula is C14H15NOS. The molecule has 0 aliphatic carbocycles. The topological polar surface area (TPSA) is 30.0 Å². The monoisotopic (exact) mass is 245 g/mol. The largest absolute Gasteiger partial charge is 0.292 e. The first-order chi connectivity index (χ1) is 8.16. The molecule has 2 heterocycles. The van der Waals surface area contributed by atoms with Crippen LogP contribution in [0.3, 0.4) is 0 Å². The highest BCUT2D eigenvalue weighted by atomic mass is 32.1. The highest BCUT2D eigenvalue weighted by molar-refractivity contribution is 7.07. The van der Waals surface area contributed by atoms with E-state index >= 15 is 0 Å². The quantitative estimate of drug-likeness (QED) is 0.771. The first-order valence-corrected chi connectivity index (χ1v) is 6.58. The first-order valence-electron chi connectivity index (χ1n) is 5.64. The van der Waals surface area contributed by atoms with Gasteiger partial charge >= 0.3 is 0 Å². The van der Waals surface area contributed by atoms with Crippen LogP contribution in [0.15, 0.2) is 29.1 Å². The second kappa shape index (κ2) is 5.23. The van der Waals surface area contributed by atoms with Crippen molar-refractivity contribution in [2.45, 2.75) is 26.7 Å². The molecule has 2 aromatic heterocycles. The van der Waals surface area contributed by atoms with E-state index in [9.17, 15) is 4.79 Å². The number of pyridine rings is 1. The standard InChI is InChI=1S/C14H15NOS/c1-10-7-11(2)14(15-8-10)13(16)4-3-12-5-6-17-9-12/h5-9H,3-4H2,1-2H3. The Morgan fingerprint density at radius 1 is 1.41 bits per heavy atom. The van der Waals surface area contributed by atoms with Crippen LogP contribution >= 0.6 is 11.3 Å². The van der Waals surface area contributed by atoms with E-state index in [0.717, 1.165) is 17.5 Å². The Morgan fingerprint density at radius 3 is 2.88 bits per heavy atom. The molecule has 0 saturated carbocycles. The van der Waals surface area contributed by atoms with Crippen molar-refractivity contribution in [1.82, 2.24) is 4.98 Å². The molecule has 0 aromatic carbocycles. The molecule has 0 atom stereocenters. The summed E-state index contributed by atoms with van der Waals surface area (Å²) >= 11 is 1.67. The van der Waals surface area contributed by atoms with Crippen molar-refractivity contribution in [1.29, 1.82) is 0 Å². The Bertz CT molecular complexity index is 517. The molecule has 0 aliphatic rings. The maximum atomic E-state index is 12.0. The van der Waals surface area contributed by atoms with Gasteiger partial charge in [-0.1, -0.05) is 6.07 Å². The Morgan fingerprint density at radius 2 is 2.24 bits per heavy atom. The number of Topliss-reactive ketones (excluding diaryl/α,β-unsaturated/α-hetero) is 1. The lowest BCUT2D eigenvalue weighted by Gasteiger charge is -2.04. The van der Waals surface area contributed by atoms with Crippen molar-refractivity contribution in [2.75, 3.05) is 0 Å². The summed E-state index contributed by atoms with van der Waals surface area (Å²) in [5.41, 5.74) is 3.91. The molecule has 0 N–H and O–H groups in total. The molecule has 0 fully saturated rings. The van der Waals surface area contributed by atoms with Crippen molar-refractivity contribution in [3.05, 3.63) is 51.5 Å². The van der Waals surface area contributed by atoms with Crippen molar-refractivity contribution in [3.8, 4) is 0 Å². The number of hydrogen-bond donors (Lipinski definition) is 0. The molecule has 2 rings (SSSR count). The number of nitrogens with zero attached hydrogens (tertiary/aromatic N) is 1. The third-order valence-electron chi connectivity index (χ3n) is 2.70. The average Bonchev–Trinajstić information content (AvgIpc) is 2.78. The minimum atomic E-state index is 0.133. The predicted octanol–water partition coefficient (Wildman–Crippen LogP) is 3.58. The van der Waals surface area contributed by atoms with E-state index in [0.29, 0.717) is 12.1 Å². The summed E-state index contributed by atoms with van der Waals surface area (Å²) in [6.07, 6.45) is 3.09. The minimum absolute atomic E-state index is 0.133. The number of rotatable bonds is 4. The number of aryl methyl sites for hydroxylation is 3. The number of aromatic nitrogens is 1. The van der Waals surface area contributed by atoms with Gasteiger partial charge in [0.05, 0.1) is 0 Å². The van der Waals surface area contributed by atoms with Crippen LogP contribution in [-0.2, 0) is 6.42 Å². The molecule has 0 aliphatic heterocycles. The van der Waals surface area contributed by atoms with Crippen LogP contribution in [0.5, 0.6) is 0 Å². The fourth-order valence-electron chi connectivity index (χ4n) is 1.82. The van der Waals surface area contributed by atoms with Crippen LogP contribution in [0.4, 0.5) is 0 Å². The summed E-state index contributed by atoms with van der Waals surface area (Å²) in [4.78, 5) is 16.2. The molecule has 0 amide bonds. The van der Waals surface area contributed by atoms with E-state index in [2.05, 4.69) is 16.4 Å². The average molecular weight is 245 g/mol. The van der Waals surface area contributed by atoms with Crippen LogP contribution in [0.25, 0.3) is 0 Å². The van der Waals surface area contributed by atoms with Gasteiger partial charge in [0.15, 0.2) is 5.78 Å². The summed E-state index contributed by atoms with van der Waals surface area (Å²) in [5, 5.41) is 4.12. The van der Waals surface area contributed by atoms with Crippen molar-refractivity contribution < 1.29 is 4.79 Å². The molecular weight excluding hydrogens is 230 g/mol. The third kappa shape index (κ3) is 3.01. The summed E-state index contributed by atoms with van der Waals surface area (Å²) < 4.78 is 0. The zero-order valence-electron chi connectivity index (χ0n) is 10.1. The van der Waals surface area contributed by atoms with Crippen molar-refractivity contribution >= 4 is 17.1 Å². The van der Waals surface area contributed by atoms with Crippen LogP contribution < -0.4 is 0 Å². The van der Waals surface area contributed by atoms with Gasteiger partial charge in [-0.25, -0.2) is 0 Å². The number of carbonyl (C=O) groups excluding carboxylic acids is 1. The second-order valence-corrected chi connectivity index (χ2v) is 5.01. The zero-order valence-corrected chi connectivity index (χ0v) is 10.9. The molecule has 17 heavy (non-hydrogen) atoms. The summed E-state index contributed by atoms with van der Waals surface area (Å²) in [6.45, 7) is 3.93. The Kier molecular flexibility index (Phi) is 3.69. The molecule has 0 radical (unpaired) electrons. The van der Waals surface area contributed by atoms with Crippen molar-refractivity contribution in [3.63, 3.8) is 0 Å². The van der Waals surface area contributed by atoms with Gasteiger partial charge in [-0.3, -0.25) is 9.78 Å². The Labute approximate surface area is 105 Å². The maximum absolute atomic E-state index is 12.0. The van der Waals surface area contributed by atoms with Gasteiger partial charge in [0.1, 0.15) is 5.69 Å². The lowest BCUT2D eigenvalue weighted by Crippen LogP contribution is -2.06. The zero-order chi connectivity index (χ0) is 12.3.